The SMILES string of the molecule is O=C(COCc1ccc(Br)cc1)c1ccc(I)cc1. The van der Waals surface area contributed by atoms with Crippen LogP contribution in [0.5, 0.6) is 0 Å². The molecule has 0 fully saturated rings. The van der Waals surface area contributed by atoms with E-state index in [-0.39, 0.29) is 12.4 Å². The number of rotatable bonds is 5. The summed E-state index contributed by atoms with van der Waals surface area (Å²) in [6, 6.07) is 15.4. The van der Waals surface area contributed by atoms with Crippen molar-refractivity contribution >= 4 is 44.3 Å². The smallest absolute Gasteiger partial charge is 0.188 e. The molecule has 2 rings (SSSR count). The van der Waals surface area contributed by atoms with Gasteiger partial charge in [-0.1, -0.05) is 40.2 Å². The van der Waals surface area contributed by atoms with Crippen LogP contribution < -0.4 is 0 Å². The number of hydrogen-bond acceptors (Lipinski definition) is 2. The van der Waals surface area contributed by atoms with Gasteiger partial charge < -0.3 is 4.74 Å². The molecule has 0 saturated heterocycles. The summed E-state index contributed by atoms with van der Waals surface area (Å²) in [5.74, 6) is 0.00788. The molecule has 0 unspecified atom stereocenters. The summed E-state index contributed by atoms with van der Waals surface area (Å²) in [7, 11) is 0. The molecule has 0 radical (unpaired) electrons. The van der Waals surface area contributed by atoms with Gasteiger partial charge in [-0.2, -0.15) is 0 Å². The molecule has 4 heteroatoms. The highest BCUT2D eigenvalue weighted by Gasteiger charge is 2.05. The molecule has 2 nitrogen and oxygen atoms in total. The predicted octanol–water partition coefficient (Wildman–Crippen LogP) is 4.45. The molecule has 0 heterocycles. The van der Waals surface area contributed by atoms with Crippen LogP contribution in [0.4, 0.5) is 0 Å². The molecule has 0 amide bonds. The number of hydrogen-bond donors (Lipinski definition) is 0. The molecule has 0 spiro atoms. The van der Waals surface area contributed by atoms with E-state index in [1.54, 1.807) is 0 Å². The minimum absolute atomic E-state index is 0.00788. The van der Waals surface area contributed by atoms with Crippen molar-refractivity contribution in [3.8, 4) is 0 Å². The monoisotopic (exact) mass is 430 g/mol. The quantitative estimate of drug-likeness (QED) is 0.517. The van der Waals surface area contributed by atoms with Crippen molar-refractivity contribution < 1.29 is 9.53 Å². The molecule has 0 aliphatic carbocycles. The van der Waals surface area contributed by atoms with Gasteiger partial charge in [0.1, 0.15) is 6.61 Å². The summed E-state index contributed by atoms with van der Waals surface area (Å²) in [4.78, 5) is 11.9. The lowest BCUT2D eigenvalue weighted by atomic mass is 10.1. The number of ether oxygens (including phenoxy) is 1. The third-order valence-electron chi connectivity index (χ3n) is 2.58. The highest BCUT2D eigenvalue weighted by molar-refractivity contribution is 14.1. The first-order valence-corrected chi connectivity index (χ1v) is 7.63. The molecule has 0 bridgehead atoms. The van der Waals surface area contributed by atoms with E-state index in [0.29, 0.717) is 12.2 Å². The molecule has 0 aliphatic heterocycles. The van der Waals surface area contributed by atoms with E-state index in [2.05, 4.69) is 38.5 Å². The van der Waals surface area contributed by atoms with Crippen molar-refractivity contribution in [2.75, 3.05) is 6.61 Å². The first-order valence-electron chi connectivity index (χ1n) is 5.76. The molecule has 0 saturated carbocycles. The molecule has 0 aromatic heterocycles. The van der Waals surface area contributed by atoms with Crippen LogP contribution in [0.25, 0.3) is 0 Å². The minimum Gasteiger partial charge on any atom is -0.369 e. The Bertz CT molecular complexity index is 549. The Kier molecular flexibility index (Phi) is 5.54. The van der Waals surface area contributed by atoms with E-state index in [0.717, 1.165) is 13.6 Å². The maximum atomic E-state index is 11.9. The Morgan fingerprint density at radius 1 is 1.05 bits per heavy atom. The van der Waals surface area contributed by atoms with Gasteiger partial charge in [-0.3, -0.25) is 4.79 Å². The Balaban J connectivity index is 1.84. The minimum atomic E-state index is 0.00788. The fourth-order valence-electron chi connectivity index (χ4n) is 1.56. The molecule has 0 N–H and O–H groups in total. The Morgan fingerprint density at radius 3 is 2.32 bits per heavy atom. The van der Waals surface area contributed by atoms with Gasteiger partial charge in [-0.25, -0.2) is 0 Å². The van der Waals surface area contributed by atoms with E-state index in [4.69, 9.17) is 4.74 Å². The van der Waals surface area contributed by atoms with Crippen molar-refractivity contribution in [1.29, 1.82) is 0 Å². The van der Waals surface area contributed by atoms with Crippen molar-refractivity contribution in [3.05, 3.63) is 67.7 Å². The lowest BCUT2D eigenvalue weighted by Crippen LogP contribution is -2.09. The Labute approximate surface area is 134 Å². The predicted molar refractivity (Wildman–Crippen MR) is 87.3 cm³/mol. The van der Waals surface area contributed by atoms with E-state index < -0.39 is 0 Å². The van der Waals surface area contributed by atoms with Crippen LogP contribution in [-0.2, 0) is 11.3 Å². The zero-order valence-electron chi connectivity index (χ0n) is 10.1. The molecule has 2 aromatic rings. The summed E-state index contributed by atoms with van der Waals surface area (Å²) < 4.78 is 7.59. The molecule has 2 aromatic carbocycles. The number of halogens is 2. The second-order valence-corrected chi connectivity index (χ2v) is 6.21. The third kappa shape index (κ3) is 4.71. The topological polar surface area (TPSA) is 26.3 Å². The standard InChI is InChI=1S/C15H12BrIO2/c16-13-5-1-11(2-6-13)9-19-10-15(18)12-3-7-14(17)8-4-12/h1-8H,9-10H2. The summed E-state index contributed by atoms with van der Waals surface area (Å²) >= 11 is 5.59. The highest BCUT2D eigenvalue weighted by atomic mass is 127. The average molecular weight is 431 g/mol. The lowest BCUT2D eigenvalue weighted by Gasteiger charge is -2.04. The average Bonchev–Trinajstić information content (AvgIpc) is 2.41. The van der Waals surface area contributed by atoms with Crippen molar-refractivity contribution in [2.45, 2.75) is 6.61 Å². The summed E-state index contributed by atoms with van der Waals surface area (Å²) in [5, 5.41) is 0. The Morgan fingerprint density at radius 2 is 1.68 bits per heavy atom. The first-order chi connectivity index (χ1) is 9.15. The van der Waals surface area contributed by atoms with Crippen LogP contribution in [0.1, 0.15) is 15.9 Å². The molecule has 98 valence electrons. The fraction of sp³-hybridized carbons (Fsp3) is 0.133. The van der Waals surface area contributed by atoms with Gasteiger partial charge in [0.15, 0.2) is 5.78 Å². The van der Waals surface area contributed by atoms with E-state index in [9.17, 15) is 4.79 Å². The van der Waals surface area contributed by atoms with E-state index in [1.165, 1.54) is 0 Å². The largest absolute Gasteiger partial charge is 0.369 e. The van der Waals surface area contributed by atoms with Crippen LogP contribution in [0.15, 0.2) is 53.0 Å². The zero-order valence-corrected chi connectivity index (χ0v) is 13.8. The second-order valence-electron chi connectivity index (χ2n) is 4.05. The van der Waals surface area contributed by atoms with Gasteiger partial charge in [0.2, 0.25) is 0 Å². The van der Waals surface area contributed by atoms with Crippen molar-refractivity contribution in [3.63, 3.8) is 0 Å². The number of carbonyl (C=O) groups is 1. The van der Waals surface area contributed by atoms with Crippen LogP contribution in [0, 0.1) is 3.57 Å². The van der Waals surface area contributed by atoms with Crippen molar-refractivity contribution in [1.82, 2.24) is 0 Å². The summed E-state index contributed by atoms with van der Waals surface area (Å²) in [6.45, 7) is 0.556. The van der Waals surface area contributed by atoms with Gasteiger partial charge >= 0.3 is 0 Å². The number of Topliss-reactive ketones (excluding diaryl/α,β-unsaturated/α-hetero) is 1. The molecule has 0 atom stereocenters. The van der Waals surface area contributed by atoms with Crippen LogP contribution in [-0.4, -0.2) is 12.4 Å². The summed E-state index contributed by atoms with van der Waals surface area (Å²) in [6.07, 6.45) is 0. The second kappa shape index (κ2) is 7.17. The Hall–Kier alpha value is -0.720. The highest BCUT2D eigenvalue weighted by Crippen LogP contribution is 2.12. The normalized spacial score (nSPS) is 10.4. The van der Waals surface area contributed by atoms with Crippen LogP contribution >= 0.6 is 38.5 Å². The van der Waals surface area contributed by atoms with Crippen molar-refractivity contribution in [2.24, 2.45) is 0 Å². The van der Waals surface area contributed by atoms with Gasteiger partial charge in [-0.05, 0) is 52.4 Å². The molecular weight excluding hydrogens is 419 g/mol. The van der Waals surface area contributed by atoms with Crippen LogP contribution in [0.3, 0.4) is 0 Å². The number of benzene rings is 2. The van der Waals surface area contributed by atoms with E-state index in [1.807, 2.05) is 48.5 Å². The number of carbonyl (C=O) groups excluding carboxylic acids is 1. The maximum Gasteiger partial charge on any atom is 0.188 e. The fourth-order valence-corrected chi connectivity index (χ4v) is 2.19. The number of ketones is 1. The van der Waals surface area contributed by atoms with Gasteiger partial charge in [0, 0.05) is 13.6 Å². The van der Waals surface area contributed by atoms with Crippen LogP contribution in [0.2, 0.25) is 0 Å². The van der Waals surface area contributed by atoms with E-state index >= 15 is 0 Å². The van der Waals surface area contributed by atoms with Gasteiger partial charge in [0.05, 0.1) is 6.61 Å². The van der Waals surface area contributed by atoms with Gasteiger partial charge in [-0.15, -0.1) is 0 Å². The molecular formula is C15H12BrIO2. The molecule has 19 heavy (non-hydrogen) atoms. The maximum absolute atomic E-state index is 11.9. The molecule has 0 aliphatic rings. The van der Waals surface area contributed by atoms with Gasteiger partial charge in [0.25, 0.3) is 0 Å². The zero-order chi connectivity index (χ0) is 13.7. The third-order valence-corrected chi connectivity index (χ3v) is 3.83. The first kappa shape index (κ1) is 14.7. The summed E-state index contributed by atoms with van der Waals surface area (Å²) in [5.41, 5.74) is 1.75. The lowest BCUT2D eigenvalue weighted by molar-refractivity contribution is 0.0726.